The lowest BCUT2D eigenvalue weighted by Crippen LogP contribution is -2.39. The largest absolute Gasteiger partial charge is 0.481 e. The van der Waals surface area contributed by atoms with Crippen molar-refractivity contribution in [1.29, 1.82) is 5.26 Å². The lowest BCUT2D eigenvalue weighted by atomic mass is 9.86. The van der Waals surface area contributed by atoms with Gasteiger partial charge in [-0.2, -0.15) is 5.26 Å². The number of aryl methyl sites for hydroxylation is 1. The van der Waals surface area contributed by atoms with Gasteiger partial charge in [-0.3, -0.25) is 9.59 Å². The summed E-state index contributed by atoms with van der Waals surface area (Å²) in [6.45, 7) is 2.81. The Bertz CT molecular complexity index is 633. The molecule has 1 fully saturated rings. The molecule has 1 aliphatic heterocycles. The number of pyridine rings is 1. The number of rotatable bonds is 5. The maximum atomic E-state index is 12.1. The van der Waals surface area contributed by atoms with Crippen LogP contribution in [0.5, 0.6) is 0 Å². The van der Waals surface area contributed by atoms with E-state index < -0.39 is 17.8 Å². The van der Waals surface area contributed by atoms with E-state index in [2.05, 4.69) is 10.3 Å². The molecular weight excluding hydrogens is 298 g/mol. The minimum atomic E-state index is -0.916. The number of ether oxygens (including phenoxy) is 1. The van der Waals surface area contributed by atoms with Crippen LogP contribution in [0.1, 0.15) is 34.6 Å². The fourth-order valence-corrected chi connectivity index (χ4v) is 2.67. The highest BCUT2D eigenvalue weighted by atomic mass is 16.5. The van der Waals surface area contributed by atoms with Gasteiger partial charge in [-0.05, 0) is 37.8 Å². The average Bonchev–Trinajstić information content (AvgIpc) is 2.55. The molecular formula is C16H19N3O4. The second-order valence-electron chi connectivity index (χ2n) is 5.55. The summed E-state index contributed by atoms with van der Waals surface area (Å²) in [4.78, 5) is 27.7. The molecule has 1 amide bonds. The van der Waals surface area contributed by atoms with Gasteiger partial charge < -0.3 is 15.2 Å². The van der Waals surface area contributed by atoms with E-state index in [0.717, 1.165) is 0 Å². The minimum absolute atomic E-state index is 0.00258. The van der Waals surface area contributed by atoms with Gasteiger partial charge in [0.2, 0.25) is 0 Å². The zero-order valence-corrected chi connectivity index (χ0v) is 12.9. The molecule has 7 nitrogen and oxygen atoms in total. The molecule has 0 aromatic carbocycles. The Balaban J connectivity index is 2.00. The van der Waals surface area contributed by atoms with E-state index in [1.165, 1.54) is 12.1 Å². The molecule has 1 saturated heterocycles. The zero-order valence-electron chi connectivity index (χ0n) is 12.9. The van der Waals surface area contributed by atoms with Crippen LogP contribution in [0.3, 0.4) is 0 Å². The molecule has 23 heavy (non-hydrogen) atoms. The first kappa shape index (κ1) is 16.9. The van der Waals surface area contributed by atoms with Crippen molar-refractivity contribution in [1.82, 2.24) is 10.3 Å². The van der Waals surface area contributed by atoms with E-state index >= 15 is 0 Å². The van der Waals surface area contributed by atoms with Crippen molar-refractivity contribution in [3.63, 3.8) is 0 Å². The molecule has 0 radical (unpaired) electrons. The van der Waals surface area contributed by atoms with Crippen molar-refractivity contribution in [2.45, 2.75) is 19.8 Å². The van der Waals surface area contributed by atoms with Crippen LogP contribution in [0.15, 0.2) is 12.1 Å². The van der Waals surface area contributed by atoms with E-state index in [4.69, 9.17) is 10.00 Å². The molecule has 1 aliphatic rings. The lowest BCUT2D eigenvalue weighted by molar-refractivity contribution is -0.144. The maximum Gasteiger partial charge on any atom is 0.308 e. The fraction of sp³-hybridized carbons (Fsp3) is 0.500. The first-order valence-corrected chi connectivity index (χ1v) is 7.49. The quantitative estimate of drug-likeness (QED) is 0.841. The van der Waals surface area contributed by atoms with Crippen LogP contribution in [0, 0.1) is 30.1 Å². The molecule has 1 atom stereocenters. The number of nitrogens with zero attached hydrogens (tertiary/aromatic N) is 2. The molecule has 1 aromatic rings. The summed E-state index contributed by atoms with van der Waals surface area (Å²) < 4.78 is 5.24. The molecule has 1 aromatic heterocycles. The number of nitriles is 1. The summed E-state index contributed by atoms with van der Waals surface area (Å²) in [5.41, 5.74) is 1.06. The van der Waals surface area contributed by atoms with Crippen molar-refractivity contribution in [3.8, 4) is 6.07 Å². The summed E-state index contributed by atoms with van der Waals surface area (Å²) in [6, 6.07) is 4.98. The van der Waals surface area contributed by atoms with Gasteiger partial charge in [0.15, 0.2) is 0 Å². The van der Waals surface area contributed by atoms with E-state index in [1.54, 1.807) is 6.92 Å². The first-order valence-electron chi connectivity index (χ1n) is 7.49. The topological polar surface area (TPSA) is 112 Å². The number of carbonyl (C=O) groups is 2. The summed E-state index contributed by atoms with van der Waals surface area (Å²) in [5, 5.41) is 20.9. The summed E-state index contributed by atoms with van der Waals surface area (Å²) in [5.74, 6) is -1.99. The Hall–Kier alpha value is -2.46. The average molecular weight is 317 g/mol. The molecule has 7 heteroatoms. The summed E-state index contributed by atoms with van der Waals surface area (Å²) in [6.07, 6.45) is 1.36. The predicted octanol–water partition coefficient (Wildman–Crippen LogP) is 1.12. The zero-order chi connectivity index (χ0) is 16.8. The molecule has 0 aliphatic carbocycles. The van der Waals surface area contributed by atoms with Gasteiger partial charge in [0.25, 0.3) is 5.91 Å². The van der Waals surface area contributed by atoms with E-state index in [1.807, 2.05) is 6.07 Å². The van der Waals surface area contributed by atoms with Crippen LogP contribution in [0.2, 0.25) is 0 Å². The number of nitrogens with one attached hydrogen (secondary N) is 1. The monoisotopic (exact) mass is 317 g/mol. The standard InChI is InChI=1S/C16H19N3O4/c1-10-12(8-17)2-3-14(19-10)15(20)18-9-13(16(21)22)11-4-6-23-7-5-11/h2-3,11,13H,4-7,9H2,1H3,(H,18,20)(H,21,22). The Morgan fingerprint density at radius 2 is 2.17 bits per heavy atom. The van der Waals surface area contributed by atoms with Crippen LogP contribution < -0.4 is 5.32 Å². The Labute approximate surface area is 134 Å². The normalized spacial score (nSPS) is 16.3. The number of carbonyl (C=O) groups excluding carboxylic acids is 1. The lowest BCUT2D eigenvalue weighted by Gasteiger charge is -2.27. The molecule has 0 spiro atoms. The smallest absolute Gasteiger partial charge is 0.308 e. The molecule has 122 valence electrons. The van der Waals surface area contributed by atoms with Gasteiger partial charge in [-0.15, -0.1) is 0 Å². The molecule has 2 rings (SSSR count). The van der Waals surface area contributed by atoms with Crippen LogP contribution in [-0.2, 0) is 9.53 Å². The fourth-order valence-electron chi connectivity index (χ4n) is 2.67. The number of carboxylic acid groups (broad SMARTS) is 1. The third kappa shape index (κ3) is 4.27. The van der Waals surface area contributed by atoms with Crippen LogP contribution >= 0.6 is 0 Å². The number of hydrogen-bond donors (Lipinski definition) is 2. The summed E-state index contributed by atoms with van der Waals surface area (Å²) >= 11 is 0. The van der Waals surface area contributed by atoms with Crippen LogP contribution in [0.4, 0.5) is 0 Å². The van der Waals surface area contributed by atoms with Crippen molar-refractivity contribution >= 4 is 11.9 Å². The van der Waals surface area contributed by atoms with Gasteiger partial charge in [-0.25, -0.2) is 4.98 Å². The number of amides is 1. The van der Waals surface area contributed by atoms with Crippen molar-refractivity contribution < 1.29 is 19.4 Å². The van der Waals surface area contributed by atoms with Gasteiger partial charge in [-0.1, -0.05) is 0 Å². The highest BCUT2D eigenvalue weighted by Crippen LogP contribution is 2.23. The molecule has 0 bridgehead atoms. The third-order valence-corrected chi connectivity index (χ3v) is 4.07. The highest BCUT2D eigenvalue weighted by Gasteiger charge is 2.30. The van der Waals surface area contributed by atoms with Gasteiger partial charge in [0.1, 0.15) is 11.8 Å². The van der Waals surface area contributed by atoms with Gasteiger partial charge in [0, 0.05) is 19.8 Å². The molecule has 1 unspecified atom stereocenters. The summed E-state index contributed by atoms with van der Waals surface area (Å²) in [7, 11) is 0. The van der Waals surface area contributed by atoms with Gasteiger partial charge in [0.05, 0.1) is 17.2 Å². The SMILES string of the molecule is Cc1nc(C(=O)NCC(C(=O)O)C2CCOCC2)ccc1C#N. The minimum Gasteiger partial charge on any atom is -0.481 e. The second-order valence-corrected chi connectivity index (χ2v) is 5.55. The van der Waals surface area contributed by atoms with Crippen molar-refractivity contribution in [2.24, 2.45) is 11.8 Å². The number of aliphatic carboxylic acids is 1. The van der Waals surface area contributed by atoms with E-state index in [9.17, 15) is 14.7 Å². The van der Waals surface area contributed by atoms with Crippen molar-refractivity contribution in [2.75, 3.05) is 19.8 Å². The number of carboxylic acids is 1. The highest BCUT2D eigenvalue weighted by molar-refractivity contribution is 5.92. The maximum absolute atomic E-state index is 12.1. The van der Waals surface area contributed by atoms with E-state index in [-0.39, 0.29) is 18.2 Å². The van der Waals surface area contributed by atoms with Gasteiger partial charge >= 0.3 is 5.97 Å². The third-order valence-electron chi connectivity index (χ3n) is 4.07. The molecule has 2 heterocycles. The van der Waals surface area contributed by atoms with E-state index in [0.29, 0.717) is 37.3 Å². The van der Waals surface area contributed by atoms with Crippen LogP contribution in [-0.4, -0.2) is 41.7 Å². The Kier molecular flexibility index (Phi) is 5.66. The van der Waals surface area contributed by atoms with Crippen LogP contribution in [0.25, 0.3) is 0 Å². The second kappa shape index (κ2) is 7.70. The number of hydrogen-bond acceptors (Lipinski definition) is 5. The molecule has 0 saturated carbocycles. The Morgan fingerprint density at radius 1 is 1.48 bits per heavy atom. The molecule has 2 N–H and O–H groups in total. The predicted molar refractivity (Wildman–Crippen MR) is 80.7 cm³/mol. The number of aromatic nitrogens is 1. The van der Waals surface area contributed by atoms with Crippen molar-refractivity contribution in [3.05, 3.63) is 29.1 Å². The first-order chi connectivity index (χ1) is 11.0. The Morgan fingerprint density at radius 3 is 2.74 bits per heavy atom.